The Hall–Kier alpha value is -0.920. The molecule has 0 bridgehead atoms. The summed E-state index contributed by atoms with van der Waals surface area (Å²) in [5.74, 6) is 0. The van der Waals surface area contributed by atoms with Crippen molar-refractivity contribution in [2.75, 3.05) is 36.8 Å². The molecule has 0 saturated carbocycles. The lowest BCUT2D eigenvalue weighted by Crippen LogP contribution is -2.41. The van der Waals surface area contributed by atoms with E-state index in [0.717, 1.165) is 30.7 Å². The van der Waals surface area contributed by atoms with Crippen LogP contribution in [0.15, 0.2) is 44.6 Å². The Balaban J connectivity index is 0.00000210. The lowest BCUT2D eigenvalue weighted by Gasteiger charge is -2.33. The van der Waals surface area contributed by atoms with Gasteiger partial charge in [0.25, 0.3) is 0 Å². The molecule has 4 N–H and O–H groups in total. The Labute approximate surface area is 180 Å². The molecule has 0 unspecified atom stereocenters. The van der Waals surface area contributed by atoms with E-state index in [-0.39, 0.29) is 12.4 Å². The quantitative estimate of drug-likeness (QED) is 0.489. The van der Waals surface area contributed by atoms with Gasteiger partial charge >= 0.3 is 0 Å². The number of rotatable bonds is 4. The number of piperidine rings is 1. The van der Waals surface area contributed by atoms with E-state index in [9.17, 15) is 0 Å². The van der Waals surface area contributed by atoms with Gasteiger partial charge in [0.1, 0.15) is 0 Å². The highest BCUT2D eigenvalue weighted by atomic mass is 79.9. The maximum atomic E-state index is 5.69. The van der Waals surface area contributed by atoms with E-state index >= 15 is 0 Å². The maximum absolute atomic E-state index is 5.69. The number of aryl methyl sites for hydroxylation is 1. The van der Waals surface area contributed by atoms with E-state index in [1.165, 1.54) is 45.3 Å². The molecular formula is C20H26BrClN4S. The SMILES string of the molecule is Cc1cc(NC2CCN(CCN)CC2)c2c(c1)Sc1cc(Br)ccc1N2.Cl. The van der Waals surface area contributed by atoms with Gasteiger partial charge in [-0.1, -0.05) is 27.7 Å². The topological polar surface area (TPSA) is 53.3 Å². The Kier molecular flexibility index (Phi) is 6.98. The average Bonchev–Trinajstić information content (AvgIpc) is 2.62. The average molecular weight is 470 g/mol. The van der Waals surface area contributed by atoms with E-state index in [1.807, 2.05) is 11.8 Å². The molecule has 2 aliphatic heterocycles. The summed E-state index contributed by atoms with van der Waals surface area (Å²) in [6.07, 6.45) is 2.33. The molecule has 7 heteroatoms. The van der Waals surface area contributed by atoms with Crippen LogP contribution in [0.25, 0.3) is 0 Å². The van der Waals surface area contributed by atoms with Gasteiger partial charge in [-0.25, -0.2) is 0 Å². The number of likely N-dealkylation sites (tertiary alicyclic amines) is 1. The van der Waals surface area contributed by atoms with Crippen molar-refractivity contribution >= 4 is 57.2 Å². The van der Waals surface area contributed by atoms with Crippen molar-refractivity contribution in [2.24, 2.45) is 5.73 Å². The number of nitrogens with one attached hydrogen (secondary N) is 2. The van der Waals surface area contributed by atoms with Crippen molar-refractivity contribution in [3.63, 3.8) is 0 Å². The Morgan fingerprint density at radius 2 is 2.00 bits per heavy atom. The third kappa shape index (κ3) is 4.74. The van der Waals surface area contributed by atoms with Crippen molar-refractivity contribution in [3.05, 3.63) is 40.4 Å². The van der Waals surface area contributed by atoms with Crippen LogP contribution in [0.5, 0.6) is 0 Å². The number of anilines is 3. The second-order valence-corrected chi connectivity index (χ2v) is 9.10. The summed E-state index contributed by atoms with van der Waals surface area (Å²) in [6, 6.07) is 11.5. The van der Waals surface area contributed by atoms with Crippen LogP contribution < -0.4 is 16.4 Å². The monoisotopic (exact) mass is 468 g/mol. The van der Waals surface area contributed by atoms with Gasteiger partial charge in [0.15, 0.2) is 0 Å². The molecule has 2 aliphatic rings. The van der Waals surface area contributed by atoms with Gasteiger partial charge in [0.2, 0.25) is 0 Å². The van der Waals surface area contributed by atoms with Crippen LogP contribution in [0.3, 0.4) is 0 Å². The highest BCUT2D eigenvalue weighted by molar-refractivity contribution is 9.10. The highest BCUT2D eigenvalue weighted by Crippen LogP contribution is 2.48. The second kappa shape index (κ2) is 9.05. The fraction of sp³-hybridized carbons (Fsp3) is 0.400. The maximum Gasteiger partial charge on any atom is 0.0762 e. The first-order valence-electron chi connectivity index (χ1n) is 9.20. The van der Waals surface area contributed by atoms with Gasteiger partial charge in [-0.2, -0.15) is 0 Å². The zero-order valence-corrected chi connectivity index (χ0v) is 18.6. The molecule has 2 heterocycles. The van der Waals surface area contributed by atoms with E-state index < -0.39 is 0 Å². The van der Waals surface area contributed by atoms with Crippen LogP contribution in [0, 0.1) is 6.92 Å². The van der Waals surface area contributed by atoms with Gasteiger partial charge in [-0.3, -0.25) is 0 Å². The van der Waals surface area contributed by atoms with Gasteiger partial charge < -0.3 is 21.3 Å². The first-order valence-corrected chi connectivity index (χ1v) is 10.8. The molecule has 0 radical (unpaired) electrons. The van der Waals surface area contributed by atoms with E-state index in [0.29, 0.717) is 6.04 Å². The minimum atomic E-state index is 0. The third-order valence-electron chi connectivity index (χ3n) is 5.06. The third-order valence-corrected chi connectivity index (χ3v) is 6.66. The molecule has 4 nitrogen and oxygen atoms in total. The summed E-state index contributed by atoms with van der Waals surface area (Å²) in [4.78, 5) is 5.02. The van der Waals surface area contributed by atoms with E-state index in [2.05, 4.69) is 68.7 Å². The normalized spacial score (nSPS) is 16.7. The highest BCUT2D eigenvalue weighted by Gasteiger charge is 2.23. The fourth-order valence-corrected chi connectivity index (χ4v) is 5.39. The molecule has 0 spiro atoms. The van der Waals surface area contributed by atoms with Gasteiger partial charge in [-0.05, 0) is 55.7 Å². The molecule has 0 aromatic heterocycles. The first-order chi connectivity index (χ1) is 12.6. The minimum Gasteiger partial charge on any atom is -0.380 e. The van der Waals surface area contributed by atoms with Crippen molar-refractivity contribution in [1.82, 2.24) is 4.90 Å². The number of nitrogens with zero attached hydrogens (tertiary/aromatic N) is 1. The number of nitrogens with two attached hydrogens (primary N) is 1. The molecule has 2 aromatic rings. The Morgan fingerprint density at radius 1 is 1.22 bits per heavy atom. The number of fused-ring (bicyclic) bond motifs is 2. The molecule has 2 aromatic carbocycles. The van der Waals surface area contributed by atoms with Gasteiger partial charge in [0, 0.05) is 46.5 Å². The predicted octanol–water partition coefficient (Wildman–Crippen LogP) is 5.22. The van der Waals surface area contributed by atoms with Gasteiger partial charge in [-0.15, -0.1) is 12.4 Å². The van der Waals surface area contributed by atoms with E-state index in [1.54, 1.807) is 0 Å². The Morgan fingerprint density at radius 3 is 2.74 bits per heavy atom. The molecule has 27 heavy (non-hydrogen) atoms. The lowest BCUT2D eigenvalue weighted by atomic mass is 10.0. The molecule has 0 amide bonds. The molecule has 1 saturated heterocycles. The number of hydrogen-bond acceptors (Lipinski definition) is 5. The van der Waals surface area contributed by atoms with Crippen LogP contribution in [0.2, 0.25) is 0 Å². The Bertz CT molecular complexity index is 809. The zero-order valence-electron chi connectivity index (χ0n) is 15.4. The number of hydrogen-bond donors (Lipinski definition) is 3. The van der Waals surface area contributed by atoms with Crippen molar-refractivity contribution in [2.45, 2.75) is 35.6 Å². The van der Waals surface area contributed by atoms with Gasteiger partial charge in [0.05, 0.1) is 17.1 Å². The predicted molar refractivity (Wildman–Crippen MR) is 122 cm³/mol. The standard InChI is InChI=1S/C20H25BrN4S.ClH/c1-13-10-17(23-15-4-7-25(8-5-15)9-6-22)20-19(11-13)26-18-12-14(21)2-3-16(18)24-20;/h2-3,10-12,15,23-24H,4-9,22H2,1H3;1H. The molecule has 4 rings (SSSR count). The summed E-state index contributed by atoms with van der Waals surface area (Å²) < 4.78 is 1.12. The number of benzene rings is 2. The summed E-state index contributed by atoms with van der Waals surface area (Å²) >= 11 is 5.42. The van der Waals surface area contributed by atoms with Crippen LogP contribution in [-0.2, 0) is 0 Å². The van der Waals surface area contributed by atoms with Crippen LogP contribution >= 0.6 is 40.1 Å². The van der Waals surface area contributed by atoms with Crippen LogP contribution in [0.4, 0.5) is 17.1 Å². The fourth-order valence-electron chi connectivity index (χ4n) is 3.72. The number of halogens is 2. The smallest absolute Gasteiger partial charge is 0.0762 e. The largest absolute Gasteiger partial charge is 0.380 e. The lowest BCUT2D eigenvalue weighted by molar-refractivity contribution is 0.225. The van der Waals surface area contributed by atoms with Crippen molar-refractivity contribution < 1.29 is 0 Å². The molecule has 0 atom stereocenters. The minimum absolute atomic E-state index is 0. The molecule has 146 valence electrons. The summed E-state index contributed by atoms with van der Waals surface area (Å²) in [5, 5.41) is 7.46. The van der Waals surface area contributed by atoms with E-state index in [4.69, 9.17) is 5.73 Å². The van der Waals surface area contributed by atoms with Crippen LogP contribution in [0.1, 0.15) is 18.4 Å². The second-order valence-electron chi connectivity index (χ2n) is 7.10. The van der Waals surface area contributed by atoms with Crippen molar-refractivity contribution in [1.29, 1.82) is 0 Å². The molecule has 0 aliphatic carbocycles. The summed E-state index contributed by atoms with van der Waals surface area (Å²) in [5.41, 5.74) is 10.6. The summed E-state index contributed by atoms with van der Waals surface area (Å²) in [6.45, 7) is 6.19. The van der Waals surface area contributed by atoms with Crippen molar-refractivity contribution in [3.8, 4) is 0 Å². The molecular weight excluding hydrogens is 444 g/mol. The zero-order chi connectivity index (χ0) is 18.1. The molecule has 1 fully saturated rings. The summed E-state index contributed by atoms with van der Waals surface area (Å²) in [7, 11) is 0. The van der Waals surface area contributed by atoms with Crippen LogP contribution in [-0.4, -0.2) is 37.1 Å². The first kappa shape index (κ1) is 20.8.